The molecule has 0 aliphatic heterocycles. The molecule has 7 heteroatoms. The zero-order valence-electron chi connectivity index (χ0n) is 8.81. The third-order valence-electron chi connectivity index (χ3n) is 2.50. The monoisotopic (exact) mass is 258 g/mol. The van der Waals surface area contributed by atoms with Crippen LogP contribution in [0.4, 0.5) is 10.1 Å². The van der Waals surface area contributed by atoms with Crippen LogP contribution in [0.1, 0.15) is 23.2 Å². The lowest BCUT2D eigenvalue weighted by Gasteiger charge is -2.07. The molecule has 2 rings (SSSR count). The highest BCUT2D eigenvalue weighted by molar-refractivity contribution is 7.91. The van der Waals surface area contributed by atoms with Crippen molar-refractivity contribution >= 4 is 21.6 Å². The second kappa shape index (κ2) is 3.99. The van der Waals surface area contributed by atoms with Crippen molar-refractivity contribution in [3.8, 4) is 0 Å². The molecule has 0 radical (unpaired) electrons. The van der Waals surface area contributed by atoms with Gasteiger partial charge in [0.15, 0.2) is 0 Å². The molecular formula is C10H11FN2O3S. The minimum absolute atomic E-state index is 0.172. The normalized spacial score (nSPS) is 15.6. The molecule has 1 amide bonds. The molecule has 0 bridgehead atoms. The molecular weight excluding hydrogens is 247 g/mol. The fourth-order valence-corrected chi connectivity index (χ4v) is 2.67. The predicted octanol–water partition coefficient (Wildman–Crippen LogP) is 0.630. The Kier molecular flexibility index (Phi) is 2.78. The maximum atomic E-state index is 13.1. The lowest BCUT2D eigenvalue weighted by Crippen LogP contribution is -2.33. The average molecular weight is 258 g/mol. The first kappa shape index (κ1) is 11.8. The summed E-state index contributed by atoms with van der Waals surface area (Å²) >= 11 is 0. The smallest absolute Gasteiger partial charge is 0.266 e. The second-order valence-electron chi connectivity index (χ2n) is 3.88. The molecule has 1 saturated carbocycles. The summed E-state index contributed by atoms with van der Waals surface area (Å²) in [6.07, 6.45) is 1.09. The van der Waals surface area contributed by atoms with Crippen molar-refractivity contribution in [2.24, 2.45) is 0 Å². The van der Waals surface area contributed by atoms with Gasteiger partial charge in [-0.15, -0.1) is 0 Å². The third-order valence-corrected chi connectivity index (χ3v) is 4.31. The van der Waals surface area contributed by atoms with Gasteiger partial charge in [-0.25, -0.2) is 17.5 Å². The molecule has 0 saturated heterocycles. The van der Waals surface area contributed by atoms with Gasteiger partial charge in [0.2, 0.25) is 10.0 Å². The SMILES string of the molecule is Nc1c(F)cccc1C(=O)NS(=O)(=O)C1CC1. The van der Waals surface area contributed by atoms with Crippen LogP contribution in [0.15, 0.2) is 18.2 Å². The number of nitrogens with two attached hydrogens (primary N) is 1. The molecule has 3 N–H and O–H groups in total. The minimum Gasteiger partial charge on any atom is -0.396 e. The van der Waals surface area contributed by atoms with Gasteiger partial charge in [-0.1, -0.05) is 6.07 Å². The predicted molar refractivity (Wildman–Crippen MR) is 60.2 cm³/mol. The third kappa shape index (κ3) is 2.38. The summed E-state index contributed by atoms with van der Waals surface area (Å²) in [6.45, 7) is 0. The summed E-state index contributed by atoms with van der Waals surface area (Å²) in [7, 11) is -3.64. The Morgan fingerprint density at radius 1 is 1.41 bits per heavy atom. The number of nitrogen functional groups attached to an aromatic ring is 1. The largest absolute Gasteiger partial charge is 0.396 e. The van der Waals surface area contributed by atoms with Gasteiger partial charge in [-0.3, -0.25) is 4.79 Å². The van der Waals surface area contributed by atoms with E-state index >= 15 is 0 Å². The molecule has 1 aromatic carbocycles. The first-order valence-electron chi connectivity index (χ1n) is 5.02. The lowest BCUT2D eigenvalue weighted by molar-refractivity contribution is 0.0982. The molecule has 5 nitrogen and oxygen atoms in total. The van der Waals surface area contributed by atoms with Gasteiger partial charge in [0.25, 0.3) is 5.91 Å². The highest BCUT2D eigenvalue weighted by Crippen LogP contribution is 2.27. The van der Waals surface area contributed by atoms with E-state index in [2.05, 4.69) is 0 Å². The summed E-state index contributed by atoms with van der Waals surface area (Å²) in [5.41, 5.74) is 4.84. The van der Waals surface area contributed by atoms with Crippen LogP contribution in [0.25, 0.3) is 0 Å². The van der Waals surface area contributed by atoms with Crippen LogP contribution in [-0.2, 0) is 10.0 Å². The molecule has 0 atom stereocenters. The molecule has 0 unspecified atom stereocenters. The fraction of sp³-hybridized carbons (Fsp3) is 0.300. The summed E-state index contributed by atoms with van der Waals surface area (Å²) in [6, 6.07) is 3.67. The van der Waals surface area contributed by atoms with E-state index in [4.69, 9.17) is 5.73 Å². The number of rotatable bonds is 3. The number of carbonyl (C=O) groups excluding carboxylic acids is 1. The highest BCUT2D eigenvalue weighted by Gasteiger charge is 2.37. The van der Waals surface area contributed by atoms with Crippen molar-refractivity contribution in [2.75, 3.05) is 5.73 Å². The van der Waals surface area contributed by atoms with Gasteiger partial charge in [0.05, 0.1) is 16.5 Å². The lowest BCUT2D eigenvalue weighted by atomic mass is 10.1. The first-order chi connectivity index (χ1) is 7.92. The van der Waals surface area contributed by atoms with Crippen molar-refractivity contribution in [1.82, 2.24) is 4.72 Å². The zero-order valence-corrected chi connectivity index (χ0v) is 9.63. The van der Waals surface area contributed by atoms with E-state index in [-0.39, 0.29) is 11.3 Å². The Hall–Kier alpha value is -1.63. The Morgan fingerprint density at radius 2 is 2.06 bits per heavy atom. The zero-order chi connectivity index (χ0) is 12.6. The molecule has 1 fully saturated rings. The maximum Gasteiger partial charge on any atom is 0.266 e. The molecule has 17 heavy (non-hydrogen) atoms. The van der Waals surface area contributed by atoms with Crippen molar-refractivity contribution < 1.29 is 17.6 Å². The van der Waals surface area contributed by atoms with Crippen LogP contribution in [-0.4, -0.2) is 19.6 Å². The number of halogens is 1. The number of anilines is 1. The van der Waals surface area contributed by atoms with E-state index in [0.717, 1.165) is 6.07 Å². The highest BCUT2D eigenvalue weighted by atomic mass is 32.2. The number of hydrogen-bond donors (Lipinski definition) is 2. The second-order valence-corrected chi connectivity index (χ2v) is 5.84. The Balaban J connectivity index is 2.23. The number of hydrogen-bond acceptors (Lipinski definition) is 4. The Bertz CT molecular complexity index is 567. The topological polar surface area (TPSA) is 89.3 Å². The number of nitrogens with one attached hydrogen (secondary N) is 1. The molecule has 1 aromatic rings. The van der Waals surface area contributed by atoms with Gasteiger partial charge in [-0.2, -0.15) is 0 Å². The molecule has 1 aliphatic carbocycles. The summed E-state index contributed by atoms with van der Waals surface area (Å²) in [5.74, 6) is -1.64. The summed E-state index contributed by atoms with van der Waals surface area (Å²) in [5, 5.41) is -0.513. The maximum absolute atomic E-state index is 13.1. The quantitative estimate of drug-likeness (QED) is 0.778. The van der Waals surface area contributed by atoms with Crippen molar-refractivity contribution in [1.29, 1.82) is 0 Å². The molecule has 0 aromatic heterocycles. The van der Waals surface area contributed by atoms with Crippen molar-refractivity contribution in [3.05, 3.63) is 29.6 Å². The van der Waals surface area contributed by atoms with Gasteiger partial charge in [-0.05, 0) is 25.0 Å². The van der Waals surface area contributed by atoms with Crippen LogP contribution in [0.2, 0.25) is 0 Å². The van der Waals surface area contributed by atoms with Crippen LogP contribution in [0.3, 0.4) is 0 Å². The van der Waals surface area contributed by atoms with E-state index < -0.39 is 27.0 Å². The Morgan fingerprint density at radius 3 is 2.65 bits per heavy atom. The first-order valence-corrected chi connectivity index (χ1v) is 6.56. The summed E-state index contributed by atoms with van der Waals surface area (Å²) in [4.78, 5) is 11.6. The number of carbonyl (C=O) groups is 1. The van der Waals surface area contributed by atoms with Crippen LogP contribution in [0, 0.1) is 5.82 Å². The molecule has 92 valence electrons. The Labute approximate surface area is 97.9 Å². The van der Waals surface area contributed by atoms with Gasteiger partial charge in [0.1, 0.15) is 5.82 Å². The number of para-hydroxylation sites is 1. The van der Waals surface area contributed by atoms with Crippen LogP contribution < -0.4 is 10.5 Å². The van der Waals surface area contributed by atoms with Crippen molar-refractivity contribution in [2.45, 2.75) is 18.1 Å². The van der Waals surface area contributed by atoms with Crippen molar-refractivity contribution in [3.63, 3.8) is 0 Å². The van der Waals surface area contributed by atoms with Crippen LogP contribution >= 0.6 is 0 Å². The minimum atomic E-state index is -3.64. The standard InChI is InChI=1S/C10H11FN2O3S/c11-8-3-1-2-7(9(8)12)10(14)13-17(15,16)6-4-5-6/h1-3,6H,4-5,12H2,(H,13,14). The summed E-state index contributed by atoms with van der Waals surface area (Å²) < 4.78 is 38.0. The van der Waals surface area contributed by atoms with E-state index in [1.54, 1.807) is 0 Å². The van der Waals surface area contributed by atoms with Gasteiger partial charge in [0, 0.05) is 0 Å². The molecule has 0 heterocycles. The van der Waals surface area contributed by atoms with Crippen LogP contribution in [0.5, 0.6) is 0 Å². The van der Waals surface area contributed by atoms with E-state index in [9.17, 15) is 17.6 Å². The fourth-order valence-electron chi connectivity index (χ4n) is 1.38. The number of sulfonamides is 1. The molecule has 1 aliphatic rings. The molecule has 0 spiro atoms. The van der Waals surface area contributed by atoms with E-state index in [0.29, 0.717) is 12.8 Å². The van der Waals surface area contributed by atoms with Gasteiger partial charge >= 0.3 is 0 Å². The average Bonchev–Trinajstić information content (AvgIpc) is 3.04. The van der Waals surface area contributed by atoms with E-state index in [1.165, 1.54) is 12.1 Å². The van der Waals surface area contributed by atoms with Gasteiger partial charge < -0.3 is 5.73 Å². The number of amides is 1. The van der Waals surface area contributed by atoms with E-state index in [1.807, 2.05) is 4.72 Å². The number of benzene rings is 1.